The topological polar surface area (TPSA) is 61.6 Å². The van der Waals surface area contributed by atoms with E-state index in [4.69, 9.17) is 5.84 Å². The van der Waals surface area contributed by atoms with Gasteiger partial charge >= 0.3 is 0 Å². The maximum Gasteiger partial charge on any atom is 0.255 e. The molecule has 1 saturated heterocycles. The predicted molar refractivity (Wildman–Crippen MR) is 75.2 cm³/mol. The molecule has 0 spiro atoms. The lowest BCUT2D eigenvalue weighted by Crippen LogP contribution is -2.44. The summed E-state index contributed by atoms with van der Waals surface area (Å²) in [4.78, 5) is 16.6. The molecule has 5 heteroatoms. The van der Waals surface area contributed by atoms with Crippen LogP contribution in [0.1, 0.15) is 18.0 Å². The highest BCUT2D eigenvalue weighted by atomic mass is 16.2. The smallest absolute Gasteiger partial charge is 0.255 e. The third-order valence-electron chi connectivity index (χ3n) is 3.63. The van der Waals surface area contributed by atoms with Crippen LogP contribution in [0.2, 0.25) is 0 Å². The lowest BCUT2D eigenvalue weighted by Gasteiger charge is -2.29. The Morgan fingerprint density at radius 2 is 1.95 bits per heavy atom. The van der Waals surface area contributed by atoms with Crippen molar-refractivity contribution in [3.8, 4) is 0 Å². The number of hydrazine groups is 1. The van der Waals surface area contributed by atoms with Crippen LogP contribution in [0.25, 0.3) is 0 Å². The summed E-state index contributed by atoms with van der Waals surface area (Å²) in [6, 6.07) is 9.53. The molecule has 0 aromatic heterocycles. The number of hydrogen-bond acceptors (Lipinski definition) is 4. The van der Waals surface area contributed by atoms with Crippen LogP contribution in [0.4, 0.5) is 0 Å². The minimum absolute atomic E-state index is 0.143. The number of nitrogens with zero attached hydrogens (tertiary/aromatic N) is 2. The van der Waals surface area contributed by atoms with Gasteiger partial charge in [0.25, 0.3) is 5.91 Å². The fourth-order valence-electron chi connectivity index (χ4n) is 2.57. The van der Waals surface area contributed by atoms with Crippen molar-refractivity contribution in [2.75, 3.05) is 33.2 Å². The van der Waals surface area contributed by atoms with Crippen molar-refractivity contribution in [3.63, 3.8) is 0 Å². The van der Waals surface area contributed by atoms with Crippen molar-refractivity contribution in [1.82, 2.24) is 15.2 Å². The van der Waals surface area contributed by atoms with E-state index in [1.165, 1.54) is 0 Å². The molecular formula is C14H22N4O. The van der Waals surface area contributed by atoms with Gasteiger partial charge in [-0.25, -0.2) is 5.84 Å². The van der Waals surface area contributed by atoms with E-state index in [9.17, 15) is 4.79 Å². The van der Waals surface area contributed by atoms with Crippen LogP contribution >= 0.6 is 0 Å². The molecule has 3 N–H and O–H groups in total. The summed E-state index contributed by atoms with van der Waals surface area (Å²) in [6.07, 6.45) is 1.07. The van der Waals surface area contributed by atoms with Crippen molar-refractivity contribution in [2.45, 2.75) is 12.5 Å². The van der Waals surface area contributed by atoms with Gasteiger partial charge in [0, 0.05) is 19.6 Å². The minimum atomic E-state index is -0.294. The van der Waals surface area contributed by atoms with Crippen LogP contribution in [-0.2, 0) is 4.79 Å². The highest BCUT2D eigenvalue weighted by Crippen LogP contribution is 2.22. The molecule has 1 aromatic rings. The Balaban J connectivity index is 2.20. The van der Waals surface area contributed by atoms with E-state index in [1.54, 1.807) is 0 Å². The Bertz CT molecular complexity index is 409. The second-order valence-electron chi connectivity index (χ2n) is 5.01. The Morgan fingerprint density at radius 3 is 2.63 bits per heavy atom. The normalized spacial score (nSPS) is 19.7. The van der Waals surface area contributed by atoms with E-state index in [1.807, 2.05) is 30.3 Å². The molecule has 1 unspecified atom stereocenters. The maximum absolute atomic E-state index is 12.1. The Hall–Kier alpha value is -1.43. The molecule has 1 atom stereocenters. The molecule has 5 nitrogen and oxygen atoms in total. The van der Waals surface area contributed by atoms with Crippen LogP contribution < -0.4 is 11.3 Å². The molecule has 1 fully saturated rings. The van der Waals surface area contributed by atoms with Gasteiger partial charge in [0.2, 0.25) is 0 Å². The number of benzene rings is 1. The van der Waals surface area contributed by atoms with Crippen molar-refractivity contribution >= 4 is 5.91 Å². The largest absolute Gasteiger partial charge is 0.305 e. The first-order chi connectivity index (χ1) is 9.22. The van der Waals surface area contributed by atoms with E-state index in [0.29, 0.717) is 0 Å². The van der Waals surface area contributed by atoms with E-state index in [0.717, 1.165) is 38.2 Å². The summed E-state index contributed by atoms with van der Waals surface area (Å²) in [7, 11) is 2.12. The highest BCUT2D eigenvalue weighted by molar-refractivity contribution is 5.82. The first kappa shape index (κ1) is 14.0. The summed E-state index contributed by atoms with van der Waals surface area (Å²) in [6.45, 7) is 3.84. The SMILES string of the molecule is CN1CCCN(C(C(=O)NN)c2ccccc2)CC1. The van der Waals surface area contributed by atoms with Gasteiger partial charge < -0.3 is 4.90 Å². The zero-order valence-electron chi connectivity index (χ0n) is 11.4. The molecule has 0 saturated carbocycles. The van der Waals surface area contributed by atoms with E-state index < -0.39 is 0 Å². The fraction of sp³-hybridized carbons (Fsp3) is 0.500. The zero-order chi connectivity index (χ0) is 13.7. The van der Waals surface area contributed by atoms with Crippen molar-refractivity contribution in [2.24, 2.45) is 5.84 Å². The molecule has 1 amide bonds. The molecule has 1 heterocycles. The summed E-state index contributed by atoms with van der Waals surface area (Å²) in [5.41, 5.74) is 3.29. The number of carbonyl (C=O) groups is 1. The zero-order valence-corrected chi connectivity index (χ0v) is 11.4. The number of amides is 1. The van der Waals surface area contributed by atoms with Gasteiger partial charge in [-0.2, -0.15) is 0 Å². The minimum Gasteiger partial charge on any atom is -0.305 e. The molecule has 0 radical (unpaired) electrons. The summed E-state index contributed by atoms with van der Waals surface area (Å²) >= 11 is 0. The van der Waals surface area contributed by atoms with Gasteiger partial charge in [-0.3, -0.25) is 15.1 Å². The average Bonchev–Trinajstić information content (AvgIpc) is 2.65. The fourth-order valence-corrected chi connectivity index (χ4v) is 2.57. The van der Waals surface area contributed by atoms with E-state index in [2.05, 4.69) is 22.3 Å². The molecule has 1 aliphatic heterocycles. The molecule has 0 aliphatic carbocycles. The summed E-state index contributed by atoms with van der Waals surface area (Å²) < 4.78 is 0. The number of carbonyl (C=O) groups excluding carboxylic acids is 1. The number of hydrogen-bond donors (Lipinski definition) is 2. The molecular weight excluding hydrogens is 240 g/mol. The monoisotopic (exact) mass is 262 g/mol. The second kappa shape index (κ2) is 6.65. The van der Waals surface area contributed by atoms with E-state index in [-0.39, 0.29) is 11.9 Å². The molecule has 2 rings (SSSR count). The van der Waals surface area contributed by atoms with Gasteiger partial charge in [0.05, 0.1) is 0 Å². The number of likely N-dealkylation sites (N-methyl/N-ethyl adjacent to an activating group) is 1. The van der Waals surface area contributed by atoms with Gasteiger partial charge in [-0.05, 0) is 25.6 Å². The first-order valence-corrected chi connectivity index (χ1v) is 6.70. The van der Waals surface area contributed by atoms with Crippen LogP contribution in [-0.4, -0.2) is 48.9 Å². The summed E-state index contributed by atoms with van der Waals surface area (Å²) in [5, 5.41) is 0. The van der Waals surface area contributed by atoms with Gasteiger partial charge in [0.1, 0.15) is 6.04 Å². The third-order valence-corrected chi connectivity index (χ3v) is 3.63. The molecule has 1 aliphatic rings. The lowest BCUT2D eigenvalue weighted by atomic mass is 10.0. The average molecular weight is 262 g/mol. The van der Waals surface area contributed by atoms with Gasteiger partial charge in [-0.1, -0.05) is 30.3 Å². The Morgan fingerprint density at radius 1 is 1.21 bits per heavy atom. The lowest BCUT2D eigenvalue weighted by molar-refractivity contribution is -0.126. The quantitative estimate of drug-likeness (QED) is 0.469. The standard InChI is InChI=1S/C14H22N4O/c1-17-8-5-9-18(11-10-17)13(14(19)16-15)12-6-3-2-4-7-12/h2-4,6-7,13H,5,8-11,15H2,1H3,(H,16,19). The predicted octanol–water partition coefficient (Wildman–Crippen LogP) is 0.355. The first-order valence-electron chi connectivity index (χ1n) is 6.70. The molecule has 1 aromatic carbocycles. The molecule has 0 bridgehead atoms. The van der Waals surface area contributed by atoms with Crippen molar-refractivity contribution in [1.29, 1.82) is 0 Å². The van der Waals surface area contributed by atoms with Crippen LogP contribution in [0.15, 0.2) is 30.3 Å². The van der Waals surface area contributed by atoms with Crippen LogP contribution in [0.5, 0.6) is 0 Å². The number of nitrogens with two attached hydrogens (primary N) is 1. The van der Waals surface area contributed by atoms with Crippen LogP contribution in [0.3, 0.4) is 0 Å². The number of rotatable bonds is 3. The summed E-state index contributed by atoms with van der Waals surface area (Å²) in [5.74, 6) is 5.20. The van der Waals surface area contributed by atoms with Gasteiger partial charge in [0.15, 0.2) is 0 Å². The third kappa shape index (κ3) is 3.53. The maximum atomic E-state index is 12.1. The Labute approximate surface area is 114 Å². The van der Waals surface area contributed by atoms with Crippen LogP contribution in [0, 0.1) is 0 Å². The number of nitrogens with one attached hydrogen (secondary N) is 1. The Kier molecular flexibility index (Phi) is 4.90. The van der Waals surface area contributed by atoms with Gasteiger partial charge in [-0.15, -0.1) is 0 Å². The van der Waals surface area contributed by atoms with Crippen molar-refractivity contribution < 1.29 is 4.79 Å². The highest BCUT2D eigenvalue weighted by Gasteiger charge is 2.28. The molecule has 19 heavy (non-hydrogen) atoms. The van der Waals surface area contributed by atoms with Crippen molar-refractivity contribution in [3.05, 3.63) is 35.9 Å². The molecule has 104 valence electrons. The van der Waals surface area contributed by atoms with E-state index >= 15 is 0 Å². The second-order valence-corrected chi connectivity index (χ2v) is 5.01.